The van der Waals surface area contributed by atoms with Crippen LogP contribution in [0.1, 0.15) is 32.8 Å². The van der Waals surface area contributed by atoms with Gasteiger partial charge in [-0.15, -0.1) is 0 Å². The molecule has 7 heteroatoms. The molecule has 0 aliphatic heterocycles. The van der Waals surface area contributed by atoms with E-state index in [1.807, 2.05) is 20.8 Å². The average molecular weight is 323 g/mol. The fraction of sp³-hybridized carbons (Fsp3) is 0.562. The van der Waals surface area contributed by atoms with Gasteiger partial charge in [0.2, 0.25) is 0 Å². The lowest BCUT2D eigenvalue weighted by atomic mass is 10.1. The summed E-state index contributed by atoms with van der Waals surface area (Å²) < 4.78 is 5.35. The molecule has 1 aromatic rings. The van der Waals surface area contributed by atoms with Crippen molar-refractivity contribution in [3.63, 3.8) is 0 Å². The molecule has 0 saturated carbocycles. The van der Waals surface area contributed by atoms with Gasteiger partial charge < -0.3 is 15.4 Å². The second-order valence-corrected chi connectivity index (χ2v) is 6.28. The van der Waals surface area contributed by atoms with Crippen LogP contribution in [0.2, 0.25) is 0 Å². The van der Waals surface area contributed by atoms with Gasteiger partial charge >= 0.3 is 6.09 Å². The first-order valence-electron chi connectivity index (χ1n) is 7.64. The quantitative estimate of drug-likeness (QED) is 0.614. The summed E-state index contributed by atoms with van der Waals surface area (Å²) in [5, 5.41) is 10.6. The first-order chi connectivity index (χ1) is 10.7. The van der Waals surface area contributed by atoms with Gasteiger partial charge in [0.1, 0.15) is 5.60 Å². The molecule has 0 aliphatic carbocycles. The molecule has 23 heavy (non-hydrogen) atoms. The summed E-state index contributed by atoms with van der Waals surface area (Å²) in [6.45, 7) is 6.81. The first kappa shape index (κ1) is 18.9. The molecular weight excluding hydrogens is 298 g/mol. The number of carbonyl (C=O) groups is 1. The van der Waals surface area contributed by atoms with E-state index in [0.717, 1.165) is 18.4 Å². The number of ether oxygens (including phenoxy) is 1. The smallest absolute Gasteiger partial charge is 0.410 e. The van der Waals surface area contributed by atoms with Gasteiger partial charge in [-0.3, -0.25) is 10.1 Å². The minimum atomic E-state index is -0.539. The summed E-state index contributed by atoms with van der Waals surface area (Å²) in [7, 11) is 0. The summed E-state index contributed by atoms with van der Waals surface area (Å²) in [6, 6.07) is 6.44. The van der Waals surface area contributed by atoms with E-state index in [-0.39, 0.29) is 11.8 Å². The second kappa shape index (κ2) is 8.47. The minimum Gasteiger partial charge on any atom is -0.444 e. The molecule has 1 amide bonds. The SMILES string of the molecule is CC(C)(C)OC(=O)N(CCN)CCCc1ccc([N+](=O)[O-])cc1. The molecule has 1 rings (SSSR count). The molecule has 2 N–H and O–H groups in total. The molecule has 128 valence electrons. The monoisotopic (exact) mass is 323 g/mol. The first-order valence-corrected chi connectivity index (χ1v) is 7.64. The van der Waals surface area contributed by atoms with Crippen LogP contribution in [0.15, 0.2) is 24.3 Å². The Balaban J connectivity index is 2.52. The van der Waals surface area contributed by atoms with Crippen molar-refractivity contribution in [2.45, 2.75) is 39.2 Å². The van der Waals surface area contributed by atoms with Crippen LogP contribution in [0.3, 0.4) is 0 Å². The number of non-ortho nitro benzene ring substituents is 1. The van der Waals surface area contributed by atoms with Crippen LogP contribution in [-0.4, -0.2) is 41.2 Å². The van der Waals surface area contributed by atoms with Gasteiger partial charge in [-0.2, -0.15) is 0 Å². The highest BCUT2D eigenvalue weighted by molar-refractivity contribution is 5.68. The molecule has 0 radical (unpaired) electrons. The Morgan fingerprint density at radius 1 is 1.26 bits per heavy atom. The average Bonchev–Trinajstić information content (AvgIpc) is 2.45. The molecule has 0 atom stereocenters. The number of benzene rings is 1. The van der Waals surface area contributed by atoms with Crippen LogP contribution in [0, 0.1) is 10.1 Å². The lowest BCUT2D eigenvalue weighted by molar-refractivity contribution is -0.384. The number of aryl methyl sites for hydroxylation is 1. The van der Waals surface area contributed by atoms with E-state index in [0.29, 0.717) is 19.6 Å². The number of hydrogen-bond acceptors (Lipinski definition) is 5. The maximum atomic E-state index is 12.1. The molecule has 0 aromatic heterocycles. The van der Waals surface area contributed by atoms with Gasteiger partial charge in [0.15, 0.2) is 0 Å². The molecule has 0 heterocycles. The van der Waals surface area contributed by atoms with Gasteiger partial charge in [-0.05, 0) is 39.2 Å². The Hall–Kier alpha value is -2.15. The van der Waals surface area contributed by atoms with Gasteiger partial charge in [0, 0.05) is 31.8 Å². The predicted molar refractivity (Wildman–Crippen MR) is 88.3 cm³/mol. The number of carbonyl (C=O) groups excluding carboxylic acids is 1. The zero-order chi connectivity index (χ0) is 17.5. The Morgan fingerprint density at radius 2 is 1.87 bits per heavy atom. The van der Waals surface area contributed by atoms with Gasteiger partial charge in [-0.25, -0.2) is 4.79 Å². The van der Waals surface area contributed by atoms with Crippen LogP contribution in [0.25, 0.3) is 0 Å². The largest absolute Gasteiger partial charge is 0.444 e. The Labute approximate surface area is 136 Å². The van der Waals surface area contributed by atoms with Gasteiger partial charge in [0.05, 0.1) is 4.92 Å². The normalized spacial score (nSPS) is 11.1. The lowest BCUT2D eigenvalue weighted by Crippen LogP contribution is -2.40. The van der Waals surface area contributed by atoms with E-state index in [9.17, 15) is 14.9 Å². The van der Waals surface area contributed by atoms with Gasteiger partial charge in [-0.1, -0.05) is 12.1 Å². The third-order valence-electron chi connectivity index (χ3n) is 3.09. The van der Waals surface area contributed by atoms with Crippen LogP contribution in [-0.2, 0) is 11.2 Å². The number of amides is 1. The summed E-state index contributed by atoms with van der Waals surface area (Å²) >= 11 is 0. The van der Waals surface area contributed by atoms with E-state index in [1.165, 1.54) is 12.1 Å². The highest BCUT2D eigenvalue weighted by atomic mass is 16.6. The number of nitrogens with two attached hydrogens (primary N) is 1. The van der Waals surface area contributed by atoms with E-state index < -0.39 is 10.5 Å². The predicted octanol–water partition coefficient (Wildman–Crippen LogP) is 2.72. The highest BCUT2D eigenvalue weighted by Gasteiger charge is 2.21. The van der Waals surface area contributed by atoms with Crippen molar-refractivity contribution in [3.05, 3.63) is 39.9 Å². The third kappa shape index (κ3) is 7.10. The lowest BCUT2D eigenvalue weighted by Gasteiger charge is -2.27. The third-order valence-corrected chi connectivity index (χ3v) is 3.09. The molecule has 0 bridgehead atoms. The Morgan fingerprint density at radius 3 is 2.35 bits per heavy atom. The van der Waals surface area contributed by atoms with Crippen molar-refractivity contribution in [1.82, 2.24) is 4.90 Å². The molecule has 0 aliphatic rings. The summed E-state index contributed by atoms with van der Waals surface area (Å²) in [6.07, 6.45) is 1.09. The van der Waals surface area contributed by atoms with E-state index >= 15 is 0 Å². The molecule has 0 saturated heterocycles. The Kier molecular flexibility index (Phi) is 6.96. The minimum absolute atomic E-state index is 0.0762. The van der Waals surface area contributed by atoms with Crippen molar-refractivity contribution < 1.29 is 14.5 Å². The topological polar surface area (TPSA) is 98.7 Å². The zero-order valence-corrected chi connectivity index (χ0v) is 13.9. The van der Waals surface area contributed by atoms with Crippen LogP contribution in [0.4, 0.5) is 10.5 Å². The van der Waals surface area contributed by atoms with Crippen LogP contribution < -0.4 is 5.73 Å². The number of nitrogens with zero attached hydrogens (tertiary/aromatic N) is 2. The molecule has 0 fully saturated rings. The maximum absolute atomic E-state index is 12.1. The number of nitro benzene ring substituents is 1. The van der Waals surface area contributed by atoms with E-state index in [4.69, 9.17) is 10.5 Å². The number of nitro groups is 1. The van der Waals surface area contributed by atoms with Crippen LogP contribution >= 0.6 is 0 Å². The number of rotatable bonds is 7. The molecule has 1 aromatic carbocycles. The van der Waals surface area contributed by atoms with E-state index in [2.05, 4.69) is 0 Å². The standard InChI is InChI=1S/C16H25N3O4/c1-16(2,3)23-15(20)18(12-10-17)11-4-5-13-6-8-14(9-7-13)19(21)22/h6-9H,4-5,10-12,17H2,1-3H3. The van der Waals surface area contributed by atoms with Crippen LogP contribution in [0.5, 0.6) is 0 Å². The van der Waals surface area contributed by atoms with Gasteiger partial charge in [0.25, 0.3) is 5.69 Å². The van der Waals surface area contributed by atoms with Crippen molar-refractivity contribution in [3.8, 4) is 0 Å². The molecule has 0 unspecified atom stereocenters. The molecule has 0 spiro atoms. The van der Waals surface area contributed by atoms with E-state index in [1.54, 1.807) is 17.0 Å². The fourth-order valence-electron chi connectivity index (χ4n) is 2.04. The van der Waals surface area contributed by atoms with Crippen molar-refractivity contribution >= 4 is 11.8 Å². The summed E-state index contributed by atoms with van der Waals surface area (Å²) in [5.74, 6) is 0. The summed E-state index contributed by atoms with van der Waals surface area (Å²) in [4.78, 5) is 23.9. The molecule has 7 nitrogen and oxygen atoms in total. The molecular formula is C16H25N3O4. The fourth-order valence-corrected chi connectivity index (χ4v) is 2.04. The maximum Gasteiger partial charge on any atom is 0.410 e. The summed E-state index contributed by atoms with van der Waals surface area (Å²) in [5.41, 5.74) is 6.08. The second-order valence-electron chi connectivity index (χ2n) is 6.28. The van der Waals surface area contributed by atoms with Crippen molar-refractivity contribution in [2.75, 3.05) is 19.6 Å². The number of hydrogen-bond donors (Lipinski definition) is 1. The van der Waals surface area contributed by atoms with Crippen molar-refractivity contribution in [2.24, 2.45) is 5.73 Å². The Bertz CT molecular complexity index is 523. The highest BCUT2D eigenvalue weighted by Crippen LogP contribution is 2.14. The van der Waals surface area contributed by atoms with Crippen molar-refractivity contribution in [1.29, 1.82) is 0 Å². The zero-order valence-electron chi connectivity index (χ0n) is 13.9.